The van der Waals surface area contributed by atoms with Gasteiger partial charge >= 0.3 is 0 Å². The van der Waals surface area contributed by atoms with Gasteiger partial charge in [0.15, 0.2) is 17.3 Å². The fourth-order valence-electron chi connectivity index (χ4n) is 3.92. The van der Waals surface area contributed by atoms with E-state index in [4.69, 9.17) is 18.9 Å². The third-order valence-electron chi connectivity index (χ3n) is 5.45. The zero-order valence-electron chi connectivity index (χ0n) is 16.1. The van der Waals surface area contributed by atoms with Crippen LogP contribution in [0.3, 0.4) is 0 Å². The van der Waals surface area contributed by atoms with Crippen molar-refractivity contribution in [2.45, 2.75) is 18.6 Å². The van der Waals surface area contributed by atoms with Crippen molar-refractivity contribution in [1.82, 2.24) is 9.88 Å². The first-order chi connectivity index (χ1) is 14.2. The number of aromatic nitrogens is 1. The number of hydrogen-bond donors (Lipinski definition) is 1. The number of benzene rings is 1. The van der Waals surface area contributed by atoms with Gasteiger partial charge in [-0.15, -0.1) is 0 Å². The summed E-state index contributed by atoms with van der Waals surface area (Å²) >= 11 is 0. The number of rotatable bonds is 3. The van der Waals surface area contributed by atoms with E-state index in [0.717, 1.165) is 11.4 Å². The van der Waals surface area contributed by atoms with Crippen molar-refractivity contribution in [2.75, 3.05) is 44.8 Å². The Kier molecular flexibility index (Phi) is 4.73. The highest BCUT2D eigenvalue weighted by Gasteiger charge is 2.40. The lowest BCUT2D eigenvalue weighted by atomic mass is 10.0. The van der Waals surface area contributed by atoms with Gasteiger partial charge in [-0.1, -0.05) is 0 Å². The van der Waals surface area contributed by atoms with Gasteiger partial charge in [-0.05, 0) is 24.3 Å². The van der Waals surface area contributed by atoms with E-state index in [9.17, 15) is 4.79 Å². The Morgan fingerprint density at radius 3 is 2.52 bits per heavy atom. The second-order valence-electron chi connectivity index (χ2n) is 7.31. The minimum Gasteiger partial charge on any atom is -0.486 e. The quantitative estimate of drug-likeness (QED) is 0.852. The fourth-order valence-corrected chi connectivity index (χ4v) is 3.92. The number of nitrogens with one attached hydrogen (secondary N) is 1. The number of carbonyl (C=O) groups excluding carboxylic acids is 1. The molecule has 0 bridgehead atoms. The number of hydrogen-bond acceptors (Lipinski definition) is 7. The van der Waals surface area contributed by atoms with Crippen LogP contribution in [-0.4, -0.2) is 61.1 Å². The Morgan fingerprint density at radius 1 is 0.966 bits per heavy atom. The van der Waals surface area contributed by atoms with E-state index in [1.165, 1.54) is 0 Å². The minimum absolute atomic E-state index is 0.00882. The van der Waals surface area contributed by atoms with Gasteiger partial charge in [0.1, 0.15) is 19.0 Å². The summed E-state index contributed by atoms with van der Waals surface area (Å²) in [5.41, 5.74) is 1.42. The number of amides is 1. The molecule has 2 fully saturated rings. The van der Waals surface area contributed by atoms with Crippen LogP contribution in [0.25, 0.3) is 0 Å². The van der Waals surface area contributed by atoms with Crippen molar-refractivity contribution in [1.29, 1.82) is 0 Å². The molecule has 1 N–H and O–H groups in total. The summed E-state index contributed by atoms with van der Waals surface area (Å²) in [6, 6.07) is 9.14. The van der Waals surface area contributed by atoms with Crippen LogP contribution in [-0.2, 0) is 9.47 Å². The normalized spacial score (nSPS) is 19.9. The monoisotopic (exact) mass is 397 g/mol. The highest BCUT2D eigenvalue weighted by molar-refractivity contribution is 5.95. The van der Waals surface area contributed by atoms with Gasteiger partial charge in [0.25, 0.3) is 5.91 Å². The molecule has 5 rings (SSSR count). The van der Waals surface area contributed by atoms with Crippen LogP contribution in [0.1, 0.15) is 23.2 Å². The molecule has 0 saturated carbocycles. The van der Waals surface area contributed by atoms with Crippen LogP contribution in [0.5, 0.6) is 11.5 Å². The second kappa shape index (κ2) is 7.53. The predicted molar refractivity (Wildman–Crippen MR) is 105 cm³/mol. The molecule has 8 nitrogen and oxygen atoms in total. The maximum absolute atomic E-state index is 13.0. The average Bonchev–Trinajstić information content (AvgIpc) is 3.22. The summed E-state index contributed by atoms with van der Waals surface area (Å²) in [7, 11) is 0. The number of fused-ring (bicyclic) bond motifs is 1. The lowest BCUT2D eigenvalue weighted by Crippen LogP contribution is -2.47. The summed E-state index contributed by atoms with van der Waals surface area (Å²) in [6.07, 6.45) is 3.04. The molecular weight excluding hydrogens is 374 g/mol. The molecule has 1 aromatic heterocycles. The Balaban J connectivity index is 1.26. The average molecular weight is 397 g/mol. The molecule has 1 spiro atoms. The van der Waals surface area contributed by atoms with Gasteiger partial charge in [-0.25, -0.2) is 4.98 Å². The molecule has 0 radical (unpaired) electrons. The van der Waals surface area contributed by atoms with Crippen LogP contribution in [0, 0.1) is 0 Å². The SMILES string of the molecule is O=C(c1ccnc(Nc2ccc3c(c2)OCCO3)c1)N1CCC2(CC1)OCCO2. The second-order valence-corrected chi connectivity index (χ2v) is 7.31. The van der Waals surface area contributed by atoms with Crippen LogP contribution in [0.4, 0.5) is 11.5 Å². The maximum Gasteiger partial charge on any atom is 0.254 e. The molecule has 2 saturated heterocycles. The highest BCUT2D eigenvalue weighted by Crippen LogP contribution is 2.34. The third kappa shape index (κ3) is 3.73. The molecule has 152 valence electrons. The molecule has 4 heterocycles. The summed E-state index contributed by atoms with van der Waals surface area (Å²) in [6.45, 7) is 3.59. The lowest BCUT2D eigenvalue weighted by Gasteiger charge is -2.37. The van der Waals surface area contributed by atoms with Crippen molar-refractivity contribution in [2.24, 2.45) is 0 Å². The standard InChI is InChI=1S/C21H23N3O5/c25-20(24-7-4-21(5-8-24)28-11-12-29-21)15-3-6-22-19(13-15)23-16-1-2-17-18(14-16)27-10-9-26-17/h1-3,6,13-14H,4-5,7-12H2,(H,22,23). The van der Waals surface area contributed by atoms with Gasteiger partial charge < -0.3 is 29.2 Å². The topological polar surface area (TPSA) is 82.2 Å². The summed E-state index contributed by atoms with van der Waals surface area (Å²) in [5, 5.41) is 3.23. The van der Waals surface area contributed by atoms with Gasteiger partial charge in [0.05, 0.1) is 13.2 Å². The van der Waals surface area contributed by atoms with E-state index in [1.807, 2.05) is 23.1 Å². The van der Waals surface area contributed by atoms with Gasteiger partial charge in [0.2, 0.25) is 0 Å². The molecule has 1 aromatic carbocycles. The molecule has 8 heteroatoms. The van der Waals surface area contributed by atoms with Crippen molar-refractivity contribution in [3.8, 4) is 11.5 Å². The first-order valence-electron chi connectivity index (χ1n) is 9.91. The van der Waals surface area contributed by atoms with Crippen LogP contribution < -0.4 is 14.8 Å². The number of pyridine rings is 1. The van der Waals surface area contributed by atoms with Gasteiger partial charge in [0, 0.05) is 49.4 Å². The van der Waals surface area contributed by atoms with E-state index in [2.05, 4.69) is 10.3 Å². The molecule has 3 aliphatic heterocycles. The molecule has 0 unspecified atom stereocenters. The number of anilines is 2. The van der Waals surface area contributed by atoms with Crippen molar-refractivity contribution in [3.63, 3.8) is 0 Å². The van der Waals surface area contributed by atoms with Crippen molar-refractivity contribution < 1.29 is 23.7 Å². The first kappa shape index (κ1) is 18.2. The summed E-state index contributed by atoms with van der Waals surface area (Å²) < 4.78 is 22.6. The number of piperidine rings is 1. The molecule has 2 aromatic rings. The van der Waals surface area contributed by atoms with Gasteiger partial charge in [-0.2, -0.15) is 0 Å². The Bertz CT molecular complexity index is 903. The fraction of sp³-hybridized carbons (Fsp3) is 0.429. The largest absolute Gasteiger partial charge is 0.486 e. The lowest BCUT2D eigenvalue weighted by molar-refractivity contribution is -0.181. The third-order valence-corrected chi connectivity index (χ3v) is 5.45. The highest BCUT2D eigenvalue weighted by atomic mass is 16.7. The maximum atomic E-state index is 13.0. The van der Waals surface area contributed by atoms with Crippen LogP contribution in [0.2, 0.25) is 0 Å². The molecule has 3 aliphatic rings. The van der Waals surface area contributed by atoms with Crippen molar-refractivity contribution in [3.05, 3.63) is 42.1 Å². The van der Waals surface area contributed by atoms with Crippen LogP contribution >= 0.6 is 0 Å². The Labute approximate surface area is 168 Å². The first-order valence-corrected chi connectivity index (χ1v) is 9.91. The van der Waals surface area contributed by atoms with E-state index >= 15 is 0 Å². The molecule has 0 aliphatic carbocycles. The number of carbonyl (C=O) groups is 1. The van der Waals surface area contributed by atoms with E-state index < -0.39 is 5.79 Å². The van der Waals surface area contributed by atoms with Crippen molar-refractivity contribution >= 4 is 17.4 Å². The molecule has 1 amide bonds. The van der Waals surface area contributed by atoms with Crippen LogP contribution in [0.15, 0.2) is 36.5 Å². The smallest absolute Gasteiger partial charge is 0.254 e. The van der Waals surface area contributed by atoms with E-state index in [-0.39, 0.29) is 5.91 Å². The predicted octanol–water partition coefficient (Wildman–Crippen LogP) is 2.58. The number of ether oxygens (including phenoxy) is 4. The summed E-state index contributed by atoms with van der Waals surface area (Å²) in [5.74, 6) is 1.54. The zero-order chi connectivity index (χ0) is 19.7. The van der Waals surface area contributed by atoms with Gasteiger partial charge in [-0.3, -0.25) is 4.79 Å². The Morgan fingerprint density at radius 2 is 1.72 bits per heavy atom. The zero-order valence-corrected chi connectivity index (χ0v) is 16.1. The number of nitrogens with zero attached hydrogens (tertiary/aromatic N) is 2. The summed E-state index contributed by atoms with van der Waals surface area (Å²) in [4.78, 5) is 19.1. The number of likely N-dealkylation sites (tertiary alicyclic amines) is 1. The Hall–Kier alpha value is -2.84. The molecule has 29 heavy (non-hydrogen) atoms. The minimum atomic E-state index is -0.486. The molecule has 0 atom stereocenters. The van der Waals surface area contributed by atoms with E-state index in [1.54, 1.807) is 18.3 Å². The molecular formula is C21H23N3O5. The van der Waals surface area contributed by atoms with E-state index in [0.29, 0.717) is 69.5 Å².